The molecule has 3 fully saturated rings. The second kappa shape index (κ2) is 6.67. The van der Waals surface area contributed by atoms with Gasteiger partial charge < -0.3 is 5.11 Å². The van der Waals surface area contributed by atoms with Crippen LogP contribution in [0.4, 0.5) is 0 Å². The highest BCUT2D eigenvalue weighted by Crippen LogP contribution is 2.67. The Bertz CT molecular complexity index is 593. The fourth-order valence-corrected chi connectivity index (χ4v) is 8.23. The fourth-order valence-electron chi connectivity index (χ4n) is 8.23. The van der Waals surface area contributed by atoms with Crippen LogP contribution in [0.1, 0.15) is 91.4 Å². The molecule has 7 atom stereocenters. The minimum absolute atomic E-state index is 0.342. The summed E-state index contributed by atoms with van der Waals surface area (Å²) in [6.07, 6.45) is 16.3. The van der Waals surface area contributed by atoms with E-state index in [-0.39, 0.29) is 0 Å². The molecule has 0 aromatic heterocycles. The van der Waals surface area contributed by atoms with Crippen LogP contribution < -0.4 is 0 Å². The average Bonchev–Trinajstić information content (AvgIpc) is 2.96. The lowest BCUT2D eigenvalue weighted by atomic mass is 9.47. The van der Waals surface area contributed by atoms with Gasteiger partial charge in [-0.3, -0.25) is 4.79 Å². The van der Waals surface area contributed by atoms with Gasteiger partial charge in [-0.2, -0.15) is 0 Å². The summed E-state index contributed by atoms with van der Waals surface area (Å²) in [4.78, 5) is 11.0. The Labute approximate surface area is 159 Å². The Balaban J connectivity index is 1.54. The van der Waals surface area contributed by atoms with E-state index in [9.17, 15) is 4.79 Å². The molecule has 0 aromatic carbocycles. The summed E-state index contributed by atoms with van der Waals surface area (Å²) in [6, 6.07) is 0. The van der Waals surface area contributed by atoms with E-state index in [0.717, 1.165) is 30.1 Å². The van der Waals surface area contributed by atoms with E-state index >= 15 is 0 Å². The van der Waals surface area contributed by atoms with E-state index in [0.29, 0.717) is 23.2 Å². The SMILES string of the molecule is CC(CCC(=O)O)[C@H]1CC[C@H]2[C@@H]3CC=C4CCCC[C@]4(C)[C@H]3CC[C@]12C. The molecule has 4 aliphatic carbocycles. The average molecular weight is 359 g/mol. The molecule has 2 heteroatoms. The summed E-state index contributed by atoms with van der Waals surface area (Å²) in [7, 11) is 0. The molecule has 4 aliphatic rings. The molecule has 0 aromatic rings. The van der Waals surface area contributed by atoms with Crippen LogP contribution in [0.3, 0.4) is 0 Å². The van der Waals surface area contributed by atoms with Crippen molar-refractivity contribution in [3.05, 3.63) is 11.6 Å². The maximum Gasteiger partial charge on any atom is 0.303 e. The summed E-state index contributed by atoms with van der Waals surface area (Å²) >= 11 is 0. The molecule has 1 N–H and O–H groups in total. The van der Waals surface area contributed by atoms with Gasteiger partial charge in [0.1, 0.15) is 0 Å². The lowest BCUT2D eigenvalue weighted by Crippen LogP contribution is -2.50. The fraction of sp³-hybridized carbons (Fsp3) is 0.875. The molecule has 1 unspecified atom stereocenters. The van der Waals surface area contributed by atoms with Gasteiger partial charge >= 0.3 is 5.97 Å². The number of carboxylic acid groups (broad SMARTS) is 1. The second-order valence-corrected chi connectivity index (χ2v) is 10.6. The van der Waals surface area contributed by atoms with Crippen LogP contribution in [0.2, 0.25) is 0 Å². The standard InChI is InChI=1S/C24H38O2/c1-16(7-12-22(25)26)19-10-11-20-18-9-8-17-6-4-5-14-23(17,2)21(18)13-15-24(19,20)3/h8,16,18-21H,4-7,9-15H2,1-3H3,(H,25,26)/t16?,18-,19+,20-,21-,23-,24+/m0/s1. The number of hydrogen-bond donors (Lipinski definition) is 1. The highest BCUT2D eigenvalue weighted by atomic mass is 16.4. The van der Waals surface area contributed by atoms with E-state index in [2.05, 4.69) is 26.8 Å². The van der Waals surface area contributed by atoms with Crippen molar-refractivity contribution in [3.8, 4) is 0 Å². The first-order valence-electron chi connectivity index (χ1n) is 11.3. The molecule has 0 heterocycles. The van der Waals surface area contributed by atoms with Crippen LogP contribution in [-0.4, -0.2) is 11.1 Å². The Morgan fingerprint density at radius 3 is 2.77 bits per heavy atom. The molecule has 0 radical (unpaired) electrons. The summed E-state index contributed by atoms with van der Waals surface area (Å²) in [6.45, 7) is 7.50. The molecule has 0 spiro atoms. The largest absolute Gasteiger partial charge is 0.481 e. The molecular weight excluding hydrogens is 320 g/mol. The summed E-state index contributed by atoms with van der Waals surface area (Å²) in [5.74, 6) is 3.33. The number of carbonyl (C=O) groups is 1. The van der Waals surface area contributed by atoms with E-state index in [4.69, 9.17) is 5.11 Å². The number of allylic oxidation sites excluding steroid dienone is 2. The predicted molar refractivity (Wildman–Crippen MR) is 106 cm³/mol. The van der Waals surface area contributed by atoms with Crippen molar-refractivity contribution in [2.75, 3.05) is 0 Å². The van der Waals surface area contributed by atoms with Gasteiger partial charge in [-0.05, 0) is 98.2 Å². The zero-order valence-electron chi connectivity index (χ0n) is 17.1. The van der Waals surface area contributed by atoms with Crippen molar-refractivity contribution in [2.24, 2.45) is 40.4 Å². The van der Waals surface area contributed by atoms with Crippen molar-refractivity contribution in [1.29, 1.82) is 0 Å². The van der Waals surface area contributed by atoms with Gasteiger partial charge in [0, 0.05) is 6.42 Å². The van der Waals surface area contributed by atoms with E-state index in [1.807, 2.05) is 0 Å². The molecule has 3 saturated carbocycles. The number of fused-ring (bicyclic) bond motifs is 5. The normalized spacial score (nSPS) is 45.9. The third-order valence-corrected chi connectivity index (χ3v) is 9.59. The third kappa shape index (κ3) is 2.78. The number of aliphatic carboxylic acids is 1. The Kier molecular flexibility index (Phi) is 4.77. The van der Waals surface area contributed by atoms with Crippen molar-refractivity contribution >= 4 is 5.97 Å². The third-order valence-electron chi connectivity index (χ3n) is 9.59. The van der Waals surface area contributed by atoms with Gasteiger partial charge in [-0.15, -0.1) is 0 Å². The molecule has 0 bridgehead atoms. The van der Waals surface area contributed by atoms with Gasteiger partial charge in [-0.25, -0.2) is 0 Å². The van der Waals surface area contributed by atoms with Crippen LogP contribution in [0, 0.1) is 40.4 Å². The van der Waals surface area contributed by atoms with Gasteiger partial charge in [0.05, 0.1) is 0 Å². The van der Waals surface area contributed by atoms with Gasteiger partial charge in [0.25, 0.3) is 0 Å². The monoisotopic (exact) mass is 358 g/mol. The second-order valence-electron chi connectivity index (χ2n) is 10.6. The quantitative estimate of drug-likeness (QED) is 0.586. The van der Waals surface area contributed by atoms with Gasteiger partial charge in [-0.1, -0.05) is 38.8 Å². The lowest BCUT2D eigenvalue weighted by Gasteiger charge is -2.58. The van der Waals surface area contributed by atoms with Gasteiger partial charge in [0.2, 0.25) is 0 Å². The van der Waals surface area contributed by atoms with Crippen LogP contribution in [0.25, 0.3) is 0 Å². The molecule has 0 amide bonds. The molecule has 0 aliphatic heterocycles. The predicted octanol–water partition coefficient (Wildman–Crippen LogP) is 6.46. The van der Waals surface area contributed by atoms with E-state index in [1.54, 1.807) is 5.57 Å². The molecule has 146 valence electrons. The van der Waals surface area contributed by atoms with Crippen LogP contribution >= 0.6 is 0 Å². The zero-order valence-corrected chi connectivity index (χ0v) is 17.1. The summed E-state index contributed by atoms with van der Waals surface area (Å²) in [5, 5.41) is 9.09. The van der Waals surface area contributed by atoms with Crippen molar-refractivity contribution in [3.63, 3.8) is 0 Å². The minimum Gasteiger partial charge on any atom is -0.481 e. The molecule has 26 heavy (non-hydrogen) atoms. The summed E-state index contributed by atoms with van der Waals surface area (Å²) < 4.78 is 0. The van der Waals surface area contributed by atoms with Crippen molar-refractivity contribution in [2.45, 2.75) is 91.4 Å². The number of rotatable bonds is 4. The maximum absolute atomic E-state index is 11.0. The van der Waals surface area contributed by atoms with Crippen molar-refractivity contribution < 1.29 is 9.90 Å². The zero-order chi connectivity index (χ0) is 18.5. The Morgan fingerprint density at radius 1 is 1.19 bits per heavy atom. The highest BCUT2D eigenvalue weighted by molar-refractivity contribution is 5.66. The number of carboxylic acids is 1. The highest BCUT2D eigenvalue weighted by Gasteiger charge is 2.58. The summed E-state index contributed by atoms with van der Waals surface area (Å²) in [5.41, 5.74) is 2.75. The van der Waals surface area contributed by atoms with E-state index in [1.165, 1.54) is 57.8 Å². The molecule has 2 nitrogen and oxygen atoms in total. The minimum atomic E-state index is -0.629. The van der Waals surface area contributed by atoms with Crippen LogP contribution in [0.15, 0.2) is 11.6 Å². The molecule has 0 saturated heterocycles. The first-order chi connectivity index (χ1) is 12.4. The smallest absolute Gasteiger partial charge is 0.303 e. The van der Waals surface area contributed by atoms with Crippen LogP contribution in [0.5, 0.6) is 0 Å². The first-order valence-corrected chi connectivity index (χ1v) is 11.3. The lowest BCUT2D eigenvalue weighted by molar-refractivity contribution is -0.137. The van der Waals surface area contributed by atoms with E-state index < -0.39 is 5.97 Å². The Hall–Kier alpha value is -0.790. The van der Waals surface area contributed by atoms with Gasteiger partial charge in [0.15, 0.2) is 0 Å². The molecule has 4 rings (SSSR count). The number of hydrogen-bond acceptors (Lipinski definition) is 1. The maximum atomic E-state index is 11.0. The van der Waals surface area contributed by atoms with Crippen molar-refractivity contribution in [1.82, 2.24) is 0 Å². The van der Waals surface area contributed by atoms with Crippen LogP contribution in [-0.2, 0) is 4.79 Å². The Morgan fingerprint density at radius 2 is 2.00 bits per heavy atom. The molecular formula is C24H38O2. The topological polar surface area (TPSA) is 37.3 Å². The first kappa shape index (κ1) is 18.6.